The number of hydrogen-bond donors (Lipinski definition) is 2. The van der Waals surface area contributed by atoms with Crippen LogP contribution in [-0.2, 0) is 4.79 Å². The molecule has 0 aromatic heterocycles. The monoisotopic (exact) mass is 263 g/mol. The minimum Gasteiger partial charge on any atom is -0.480 e. The van der Waals surface area contributed by atoms with Crippen LogP contribution in [0.4, 0.5) is 0 Å². The van der Waals surface area contributed by atoms with Crippen molar-refractivity contribution in [1.29, 1.82) is 0 Å². The third-order valence-corrected chi connectivity index (χ3v) is 3.53. The van der Waals surface area contributed by atoms with Crippen LogP contribution in [0.15, 0.2) is 12.1 Å². The number of aliphatic carboxylic acids is 1. The molecule has 0 saturated carbocycles. The molecule has 0 heterocycles. The fraction of sp³-hybridized carbons (Fsp3) is 0.562. The highest BCUT2D eigenvalue weighted by atomic mass is 16.4. The second-order valence-corrected chi connectivity index (χ2v) is 5.76. The van der Waals surface area contributed by atoms with E-state index >= 15 is 0 Å². The molecule has 2 N–H and O–H groups in total. The average Bonchev–Trinajstić information content (AvgIpc) is 2.23. The molecule has 1 aromatic carbocycles. The molecule has 3 nitrogen and oxygen atoms in total. The molecule has 0 aliphatic carbocycles. The quantitative estimate of drug-likeness (QED) is 0.856. The third kappa shape index (κ3) is 3.80. The highest BCUT2D eigenvalue weighted by Gasteiger charge is 2.24. The summed E-state index contributed by atoms with van der Waals surface area (Å²) in [4.78, 5) is 11.3. The van der Waals surface area contributed by atoms with E-state index in [4.69, 9.17) is 0 Å². The Labute approximate surface area is 116 Å². The molecular weight excluding hydrogens is 238 g/mol. The SMILES string of the molecule is Cc1cc(C)c(C(C)NC(C(=O)O)C(C)C)c(C)c1. The summed E-state index contributed by atoms with van der Waals surface area (Å²) in [6.07, 6.45) is 0. The number of carboxylic acids is 1. The summed E-state index contributed by atoms with van der Waals surface area (Å²) >= 11 is 0. The van der Waals surface area contributed by atoms with Gasteiger partial charge in [-0.15, -0.1) is 0 Å². The van der Waals surface area contributed by atoms with Crippen LogP contribution in [0.5, 0.6) is 0 Å². The summed E-state index contributed by atoms with van der Waals surface area (Å²) in [6.45, 7) is 12.1. The maximum Gasteiger partial charge on any atom is 0.320 e. The van der Waals surface area contributed by atoms with Gasteiger partial charge in [0.1, 0.15) is 6.04 Å². The number of carbonyl (C=O) groups is 1. The summed E-state index contributed by atoms with van der Waals surface area (Å²) in [7, 11) is 0. The smallest absolute Gasteiger partial charge is 0.320 e. The first-order valence-electron chi connectivity index (χ1n) is 6.80. The summed E-state index contributed by atoms with van der Waals surface area (Å²) in [5.41, 5.74) is 4.87. The molecular formula is C16H25NO2. The van der Waals surface area contributed by atoms with Crippen molar-refractivity contribution in [3.05, 3.63) is 34.4 Å². The Morgan fingerprint density at radius 2 is 1.58 bits per heavy atom. The predicted molar refractivity (Wildman–Crippen MR) is 78.5 cm³/mol. The fourth-order valence-corrected chi connectivity index (χ4v) is 2.78. The molecule has 1 rings (SSSR count). The van der Waals surface area contributed by atoms with Crippen molar-refractivity contribution in [3.8, 4) is 0 Å². The van der Waals surface area contributed by atoms with Gasteiger partial charge in [0, 0.05) is 6.04 Å². The third-order valence-electron chi connectivity index (χ3n) is 3.53. The van der Waals surface area contributed by atoms with Crippen molar-refractivity contribution in [2.45, 2.75) is 53.6 Å². The molecule has 0 aliphatic heterocycles. The molecule has 19 heavy (non-hydrogen) atoms. The average molecular weight is 263 g/mol. The fourth-order valence-electron chi connectivity index (χ4n) is 2.78. The minimum atomic E-state index is -0.788. The molecule has 2 unspecified atom stereocenters. The molecule has 0 amide bonds. The van der Waals surface area contributed by atoms with Crippen molar-refractivity contribution >= 4 is 5.97 Å². The minimum absolute atomic E-state index is 0.0316. The predicted octanol–water partition coefficient (Wildman–Crippen LogP) is 3.37. The van der Waals surface area contributed by atoms with E-state index in [1.807, 2.05) is 20.8 Å². The summed E-state index contributed by atoms with van der Waals surface area (Å²) in [6, 6.07) is 3.80. The molecule has 0 spiro atoms. The van der Waals surface area contributed by atoms with E-state index in [-0.39, 0.29) is 12.0 Å². The zero-order valence-corrected chi connectivity index (χ0v) is 12.7. The van der Waals surface area contributed by atoms with Crippen molar-refractivity contribution in [2.24, 2.45) is 5.92 Å². The first-order valence-corrected chi connectivity index (χ1v) is 6.80. The van der Waals surface area contributed by atoms with E-state index in [0.29, 0.717) is 0 Å². The first kappa shape index (κ1) is 15.7. The van der Waals surface area contributed by atoms with Gasteiger partial charge in [0.25, 0.3) is 0 Å². The highest BCUT2D eigenvalue weighted by molar-refractivity contribution is 5.73. The zero-order valence-electron chi connectivity index (χ0n) is 12.7. The number of nitrogens with one attached hydrogen (secondary N) is 1. The lowest BCUT2D eigenvalue weighted by atomic mass is 9.93. The van der Waals surface area contributed by atoms with Gasteiger partial charge in [0.15, 0.2) is 0 Å². The molecule has 2 atom stereocenters. The molecule has 0 bridgehead atoms. The Hall–Kier alpha value is -1.35. The van der Waals surface area contributed by atoms with Gasteiger partial charge in [-0.3, -0.25) is 10.1 Å². The van der Waals surface area contributed by atoms with Crippen molar-refractivity contribution in [3.63, 3.8) is 0 Å². The number of rotatable bonds is 5. The van der Waals surface area contributed by atoms with E-state index in [1.54, 1.807) is 0 Å². The van der Waals surface area contributed by atoms with Gasteiger partial charge in [0.05, 0.1) is 0 Å². The van der Waals surface area contributed by atoms with Gasteiger partial charge in [-0.05, 0) is 50.3 Å². The van der Waals surface area contributed by atoms with Gasteiger partial charge in [0.2, 0.25) is 0 Å². The maximum atomic E-state index is 11.3. The molecule has 0 aliphatic rings. The number of carboxylic acid groups (broad SMARTS) is 1. The Morgan fingerprint density at radius 3 is 1.95 bits per heavy atom. The van der Waals surface area contributed by atoms with Gasteiger partial charge in [-0.25, -0.2) is 0 Å². The van der Waals surface area contributed by atoms with Crippen LogP contribution >= 0.6 is 0 Å². The number of benzene rings is 1. The Kier molecular flexibility index (Phi) is 5.12. The molecule has 3 heteroatoms. The van der Waals surface area contributed by atoms with Gasteiger partial charge >= 0.3 is 5.97 Å². The molecule has 0 saturated heterocycles. The number of aryl methyl sites for hydroxylation is 3. The van der Waals surface area contributed by atoms with Gasteiger partial charge < -0.3 is 5.11 Å². The van der Waals surface area contributed by atoms with Crippen molar-refractivity contribution < 1.29 is 9.90 Å². The lowest BCUT2D eigenvalue weighted by Crippen LogP contribution is -2.42. The van der Waals surface area contributed by atoms with Crippen LogP contribution < -0.4 is 5.32 Å². The van der Waals surface area contributed by atoms with Crippen LogP contribution in [0.3, 0.4) is 0 Å². The largest absolute Gasteiger partial charge is 0.480 e. The van der Waals surface area contributed by atoms with Crippen molar-refractivity contribution in [1.82, 2.24) is 5.32 Å². The Bertz CT molecular complexity index is 443. The Morgan fingerprint density at radius 1 is 1.11 bits per heavy atom. The van der Waals surface area contributed by atoms with Crippen LogP contribution in [0, 0.1) is 26.7 Å². The van der Waals surface area contributed by atoms with Crippen LogP contribution in [0.1, 0.15) is 49.1 Å². The molecule has 1 aromatic rings. The standard InChI is InChI=1S/C16H25NO2/c1-9(2)15(16(18)19)17-13(6)14-11(4)7-10(3)8-12(14)5/h7-9,13,15,17H,1-6H3,(H,18,19). The highest BCUT2D eigenvalue weighted by Crippen LogP contribution is 2.24. The van der Waals surface area contributed by atoms with Gasteiger partial charge in [-0.1, -0.05) is 31.5 Å². The van der Waals surface area contributed by atoms with E-state index in [0.717, 1.165) is 0 Å². The van der Waals surface area contributed by atoms with E-state index in [1.165, 1.54) is 22.3 Å². The van der Waals surface area contributed by atoms with E-state index in [2.05, 4.69) is 38.2 Å². The number of hydrogen-bond acceptors (Lipinski definition) is 2. The molecule has 0 fully saturated rings. The second-order valence-electron chi connectivity index (χ2n) is 5.76. The van der Waals surface area contributed by atoms with Gasteiger partial charge in [-0.2, -0.15) is 0 Å². The normalized spacial score (nSPS) is 14.5. The van der Waals surface area contributed by atoms with E-state index in [9.17, 15) is 9.90 Å². The summed E-state index contributed by atoms with van der Waals surface area (Å²) < 4.78 is 0. The molecule has 0 radical (unpaired) electrons. The summed E-state index contributed by atoms with van der Waals surface area (Å²) in [5, 5.41) is 12.5. The Balaban J connectivity index is 3.01. The molecule has 106 valence electrons. The van der Waals surface area contributed by atoms with Crippen LogP contribution in [0.2, 0.25) is 0 Å². The van der Waals surface area contributed by atoms with Crippen molar-refractivity contribution in [2.75, 3.05) is 0 Å². The lowest BCUT2D eigenvalue weighted by molar-refractivity contribution is -0.140. The zero-order chi connectivity index (χ0) is 14.7. The lowest BCUT2D eigenvalue weighted by Gasteiger charge is -2.25. The topological polar surface area (TPSA) is 49.3 Å². The second kappa shape index (κ2) is 6.20. The summed E-state index contributed by atoms with van der Waals surface area (Å²) in [5.74, 6) is -0.727. The van der Waals surface area contributed by atoms with Crippen LogP contribution in [0.25, 0.3) is 0 Å². The van der Waals surface area contributed by atoms with Crippen LogP contribution in [-0.4, -0.2) is 17.1 Å². The maximum absolute atomic E-state index is 11.3. The first-order chi connectivity index (χ1) is 8.73. The van der Waals surface area contributed by atoms with E-state index < -0.39 is 12.0 Å².